The number of aliphatic hydroxyl groups excluding tert-OH is 1. The molecular weight excluding hydrogens is 258 g/mol. The molecule has 1 saturated carbocycles. The van der Waals surface area contributed by atoms with Crippen molar-refractivity contribution in [3.8, 4) is 0 Å². The van der Waals surface area contributed by atoms with Gasteiger partial charge in [-0.15, -0.1) is 0 Å². The molecule has 3 rings (SSSR count). The van der Waals surface area contributed by atoms with E-state index in [0.717, 1.165) is 18.5 Å². The van der Waals surface area contributed by atoms with Crippen LogP contribution in [0.15, 0.2) is 10.6 Å². The van der Waals surface area contributed by atoms with Crippen molar-refractivity contribution in [3.05, 3.63) is 23.0 Å². The molecule has 1 aliphatic rings. The van der Waals surface area contributed by atoms with Crippen molar-refractivity contribution in [2.45, 2.75) is 32.7 Å². The molecule has 1 fully saturated rings. The lowest BCUT2D eigenvalue weighted by atomic mass is 10.1. The lowest BCUT2D eigenvalue weighted by molar-refractivity contribution is 0.0709. The molecule has 106 valence electrons. The molecular formula is C14H17N3O3. The molecule has 1 aliphatic carbocycles. The van der Waals surface area contributed by atoms with Crippen LogP contribution in [0, 0.1) is 13.8 Å². The van der Waals surface area contributed by atoms with Crippen LogP contribution >= 0.6 is 0 Å². The first-order valence-electron chi connectivity index (χ1n) is 6.77. The maximum absolute atomic E-state index is 12.8. The van der Waals surface area contributed by atoms with Crippen molar-refractivity contribution in [3.63, 3.8) is 0 Å². The number of pyridine rings is 1. The van der Waals surface area contributed by atoms with E-state index in [1.807, 2.05) is 6.92 Å². The van der Waals surface area contributed by atoms with Crippen LogP contribution in [0.3, 0.4) is 0 Å². The molecule has 0 atom stereocenters. The van der Waals surface area contributed by atoms with Gasteiger partial charge in [-0.05, 0) is 32.8 Å². The van der Waals surface area contributed by atoms with Crippen LogP contribution < -0.4 is 0 Å². The number of nitrogens with zero attached hydrogens (tertiary/aromatic N) is 3. The molecule has 0 saturated heterocycles. The molecule has 1 N–H and O–H groups in total. The van der Waals surface area contributed by atoms with Crippen molar-refractivity contribution in [2.24, 2.45) is 0 Å². The number of fused-ring (bicyclic) bond motifs is 1. The number of aliphatic hydroxyl groups is 1. The van der Waals surface area contributed by atoms with E-state index in [-0.39, 0.29) is 18.6 Å². The van der Waals surface area contributed by atoms with Gasteiger partial charge in [-0.1, -0.05) is 5.16 Å². The Morgan fingerprint density at radius 2 is 2.25 bits per heavy atom. The average Bonchev–Trinajstić information content (AvgIpc) is 3.19. The highest BCUT2D eigenvalue weighted by Gasteiger charge is 2.34. The number of aromatic nitrogens is 2. The van der Waals surface area contributed by atoms with Crippen molar-refractivity contribution in [1.29, 1.82) is 0 Å². The number of amides is 1. The summed E-state index contributed by atoms with van der Waals surface area (Å²) in [5.41, 5.74) is 2.34. The Morgan fingerprint density at radius 1 is 1.50 bits per heavy atom. The molecule has 0 spiro atoms. The predicted molar refractivity (Wildman–Crippen MR) is 72.4 cm³/mol. The highest BCUT2D eigenvalue weighted by atomic mass is 16.5. The van der Waals surface area contributed by atoms with Crippen LogP contribution in [-0.2, 0) is 0 Å². The quantitative estimate of drug-likeness (QED) is 0.913. The van der Waals surface area contributed by atoms with Crippen LogP contribution in [0.2, 0.25) is 0 Å². The molecule has 6 nitrogen and oxygen atoms in total. The molecule has 0 aromatic carbocycles. The van der Waals surface area contributed by atoms with E-state index in [4.69, 9.17) is 9.63 Å². The Balaban J connectivity index is 2.07. The lowest BCUT2D eigenvalue weighted by Gasteiger charge is -2.21. The van der Waals surface area contributed by atoms with Gasteiger partial charge in [-0.25, -0.2) is 4.98 Å². The SMILES string of the molecule is Cc1cc(C(=O)N(CCO)C2CC2)c2c(C)noc2n1. The molecule has 0 radical (unpaired) electrons. The molecule has 0 aliphatic heterocycles. The van der Waals surface area contributed by atoms with E-state index in [0.29, 0.717) is 28.9 Å². The summed E-state index contributed by atoms with van der Waals surface area (Å²) in [7, 11) is 0. The summed E-state index contributed by atoms with van der Waals surface area (Å²) >= 11 is 0. The largest absolute Gasteiger partial charge is 0.395 e. The molecule has 20 heavy (non-hydrogen) atoms. The Morgan fingerprint density at radius 3 is 2.90 bits per heavy atom. The molecule has 2 aromatic rings. The molecule has 0 bridgehead atoms. The smallest absolute Gasteiger partial charge is 0.258 e. The zero-order valence-corrected chi connectivity index (χ0v) is 11.6. The summed E-state index contributed by atoms with van der Waals surface area (Å²) in [4.78, 5) is 18.7. The van der Waals surface area contributed by atoms with Crippen LogP contribution in [0.25, 0.3) is 11.1 Å². The first-order chi connectivity index (χ1) is 9.61. The van der Waals surface area contributed by atoms with Gasteiger partial charge in [0.1, 0.15) is 0 Å². The van der Waals surface area contributed by atoms with Gasteiger partial charge in [0.2, 0.25) is 0 Å². The fourth-order valence-electron chi connectivity index (χ4n) is 2.48. The van der Waals surface area contributed by atoms with Gasteiger partial charge < -0.3 is 14.5 Å². The van der Waals surface area contributed by atoms with Gasteiger partial charge in [0.25, 0.3) is 11.6 Å². The van der Waals surface area contributed by atoms with Gasteiger partial charge >= 0.3 is 0 Å². The van der Waals surface area contributed by atoms with Crippen LogP contribution in [0.5, 0.6) is 0 Å². The monoisotopic (exact) mass is 275 g/mol. The first kappa shape index (κ1) is 13.1. The van der Waals surface area contributed by atoms with Crippen molar-refractivity contribution in [1.82, 2.24) is 15.0 Å². The zero-order valence-electron chi connectivity index (χ0n) is 11.6. The van der Waals surface area contributed by atoms with E-state index in [1.165, 1.54) is 0 Å². The van der Waals surface area contributed by atoms with Crippen molar-refractivity contribution < 1.29 is 14.4 Å². The third kappa shape index (κ3) is 2.16. The summed E-state index contributed by atoms with van der Waals surface area (Å²) in [5, 5.41) is 13.7. The minimum atomic E-state index is -0.0802. The van der Waals surface area contributed by atoms with E-state index in [9.17, 15) is 4.79 Å². The summed E-state index contributed by atoms with van der Waals surface area (Å²) in [6.07, 6.45) is 2.00. The van der Waals surface area contributed by atoms with Crippen molar-refractivity contribution >= 4 is 17.0 Å². The highest BCUT2D eigenvalue weighted by molar-refractivity contribution is 6.06. The Kier molecular flexibility index (Phi) is 3.17. The van der Waals surface area contributed by atoms with Crippen LogP contribution in [0.1, 0.15) is 34.6 Å². The van der Waals surface area contributed by atoms with Crippen molar-refractivity contribution in [2.75, 3.05) is 13.2 Å². The number of rotatable bonds is 4. The molecule has 2 aromatic heterocycles. The van der Waals surface area contributed by atoms with Gasteiger partial charge in [0.05, 0.1) is 23.3 Å². The van der Waals surface area contributed by atoms with Crippen LogP contribution in [0.4, 0.5) is 0 Å². The lowest BCUT2D eigenvalue weighted by Crippen LogP contribution is -2.35. The number of carbonyl (C=O) groups is 1. The number of hydrogen-bond acceptors (Lipinski definition) is 5. The molecule has 2 heterocycles. The fourth-order valence-corrected chi connectivity index (χ4v) is 2.48. The van der Waals surface area contributed by atoms with E-state index >= 15 is 0 Å². The number of aryl methyl sites for hydroxylation is 2. The molecule has 1 amide bonds. The Bertz CT molecular complexity index is 661. The Hall–Kier alpha value is -1.95. The molecule has 6 heteroatoms. The van der Waals surface area contributed by atoms with Gasteiger partial charge in [0.15, 0.2) is 0 Å². The number of hydrogen-bond donors (Lipinski definition) is 1. The van der Waals surface area contributed by atoms with Gasteiger partial charge in [0, 0.05) is 18.3 Å². The average molecular weight is 275 g/mol. The highest BCUT2D eigenvalue weighted by Crippen LogP contribution is 2.30. The second kappa shape index (κ2) is 4.86. The van der Waals surface area contributed by atoms with E-state index in [1.54, 1.807) is 17.9 Å². The second-order valence-electron chi connectivity index (χ2n) is 5.21. The first-order valence-corrected chi connectivity index (χ1v) is 6.77. The van der Waals surface area contributed by atoms with Gasteiger partial charge in [-0.2, -0.15) is 0 Å². The normalized spacial score (nSPS) is 14.8. The fraction of sp³-hybridized carbons (Fsp3) is 0.500. The minimum Gasteiger partial charge on any atom is -0.395 e. The minimum absolute atomic E-state index is 0.0297. The third-order valence-electron chi connectivity index (χ3n) is 3.56. The maximum Gasteiger partial charge on any atom is 0.258 e. The van der Waals surface area contributed by atoms with E-state index in [2.05, 4.69) is 10.1 Å². The summed E-state index contributed by atoms with van der Waals surface area (Å²) in [6, 6.07) is 2.01. The molecule has 0 unspecified atom stereocenters. The van der Waals surface area contributed by atoms with Gasteiger partial charge in [-0.3, -0.25) is 4.79 Å². The standard InChI is InChI=1S/C14H17N3O3/c1-8-7-11(12-9(2)16-20-13(12)15-8)14(19)17(5-6-18)10-3-4-10/h7,10,18H,3-6H2,1-2H3. The number of carbonyl (C=O) groups excluding carboxylic acids is 1. The maximum atomic E-state index is 12.8. The predicted octanol–water partition coefficient (Wildman–Crippen LogP) is 1.44. The zero-order chi connectivity index (χ0) is 14.3. The summed E-state index contributed by atoms with van der Waals surface area (Å²) < 4.78 is 5.15. The summed E-state index contributed by atoms with van der Waals surface area (Å²) in [5.74, 6) is -0.0802. The second-order valence-corrected chi connectivity index (χ2v) is 5.21. The Labute approximate surface area is 116 Å². The summed E-state index contributed by atoms with van der Waals surface area (Å²) in [6.45, 7) is 3.95. The van der Waals surface area contributed by atoms with E-state index < -0.39 is 0 Å². The van der Waals surface area contributed by atoms with Crippen LogP contribution in [-0.4, -0.2) is 45.2 Å². The third-order valence-corrected chi connectivity index (χ3v) is 3.56. The topological polar surface area (TPSA) is 79.5 Å².